The van der Waals surface area contributed by atoms with Crippen LogP contribution in [0.15, 0.2) is 36.5 Å². The second kappa shape index (κ2) is 5.36. The van der Waals surface area contributed by atoms with Gasteiger partial charge in [-0.15, -0.1) is 0 Å². The molecule has 0 atom stereocenters. The standard InChI is InChI=1S/C15H18N4/c16-15-17-10-13-6-8-19(9-7-14(13)18-15)11-12-4-2-1-3-5-12/h1-5,10H,6-9,11H2,(H2,16,17,18). The molecule has 4 nitrogen and oxygen atoms in total. The smallest absolute Gasteiger partial charge is 0.220 e. The van der Waals surface area contributed by atoms with Gasteiger partial charge in [-0.05, 0) is 17.5 Å². The lowest BCUT2D eigenvalue weighted by atomic mass is 10.1. The van der Waals surface area contributed by atoms with Crippen LogP contribution in [0.25, 0.3) is 0 Å². The van der Waals surface area contributed by atoms with Gasteiger partial charge in [-0.3, -0.25) is 4.90 Å². The molecule has 0 spiro atoms. The van der Waals surface area contributed by atoms with Crippen LogP contribution < -0.4 is 5.73 Å². The predicted molar refractivity (Wildman–Crippen MR) is 75.6 cm³/mol. The zero-order valence-electron chi connectivity index (χ0n) is 10.9. The Balaban J connectivity index is 1.70. The van der Waals surface area contributed by atoms with Gasteiger partial charge in [0, 0.05) is 32.3 Å². The molecule has 1 aliphatic rings. The van der Waals surface area contributed by atoms with Crippen molar-refractivity contribution in [2.24, 2.45) is 0 Å². The SMILES string of the molecule is Nc1ncc2c(n1)CCN(Cc1ccccc1)CC2. The number of hydrogen-bond acceptors (Lipinski definition) is 4. The van der Waals surface area contributed by atoms with Crippen LogP contribution in [-0.2, 0) is 19.4 Å². The minimum absolute atomic E-state index is 0.384. The summed E-state index contributed by atoms with van der Waals surface area (Å²) in [6, 6.07) is 10.6. The van der Waals surface area contributed by atoms with Gasteiger partial charge in [-0.2, -0.15) is 0 Å². The number of fused-ring (bicyclic) bond motifs is 1. The molecule has 2 aromatic rings. The fourth-order valence-corrected chi connectivity index (χ4v) is 2.54. The van der Waals surface area contributed by atoms with Crippen LogP contribution in [0.2, 0.25) is 0 Å². The molecule has 0 amide bonds. The molecule has 4 heteroatoms. The van der Waals surface area contributed by atoms with E-state index in [1.807, 2.05) is 6.20 Å². The van der Waals surface area contributed by atoms with E-state index >= 15 is 0 Å². The molecular formula is C15H18N4. The zero-order chi connectivity index (χ0) is 13.1. The summed E-state index contributed by atoms with van der Waals surface area (Å²) in [6.07, 6.45) is 3.83. The third-order valence-electron chi connectivity index (χ3n) is 3.58. The van der Waals surface area contributed by atoms with Gasteiger partial charge in [-0.1, -0.05) is 30.3 Å². The van der Waals surface area contributed by atoms with Gasteiger partial charge in [0.05, 0.1) is 5.69 Å². The van der Waals surface area contributed by atoms with E-state index in [0.29, 0.717) is 5.95 Å². The van der Waals surface area contributed by atoms with Crippen LogP contribution >= 0.6 is 0 Å². The molecule has 2 heterocycles. The van der Waals surface area contributed by atoms with Gasteiger partial charge < -0.3 is 5.73 Å². The number of nitrogens with two attached hydrogens (primary N) is 1. The average molecular weight is 254 g/mol. The Morgan fingerprint density at radius 2 is 1.89 bits per heavy atom. The first kappa shape index (κ1) is 12.1. The molecule has 1 aromatic carbocycles. The minimum Gasteiger partial charge on any atom is -0.368 e. The molecule has 0 saturated heterocycles. The van der Waals surface area contributed by atoms with Gasteiger partial charge in [0.25, 0.3) is 0 Å². The van der Waals surface area contributed by atoms with E-state index in [1.54, 1.807) is 0 Å². The number of benzene rings is 1. The quantitative estimate of drug-likeness (QED) is 0.885. The highest BCUT2D eigenvalue weighted by molar-refractivity contribution is 5.26. The Bertz CT molecular complexity index is 553. The van der Waals surface area contributed by atoms with Gasteiger partial charge in [0.2, 0.25) is 5.95 Å². The Morgan fingerprint density at radius 3 is 2.74 bits per heavy atom. The highest BCUT2D eigenvalue weighted by Crippen LogP contribution is 2.15. The summed E-state index contributed by atoms with van der Waals surface area (Å²) in [5.74, 6) is 0.384. The summed E-state index contributed by atoms with van der Waals surface area (Å²) in [5.41, 5.74) is 9.37. The molecule has 0 bridgehead atoms. The van der Waals surface area contributed by atoms with E-state index in [2.05, 4.69) is 45.2 Å². The predicted octanol–water partition coefficient (Wildman–Crippen LogP) is 1.66. The van der Waals surface area contributed by atoms with Crippen molar-refractivity contribution in [3.63, 3.8) is 0 Å². The third-order valence-corrected chi connectivity index (χ3v) is 3.58. The highest BCUT2D eigenvalue weighted by atomic mass is 15.1. The van der Waals surface area contributed by atoms with Gasteiger partial charge in [-0.25, -0.2) is 9.97 Å². The topological polar surface area (TPSA) is 55.0 Å². The first-order valence-corrected chi connectivity index (χ1v) is 6.68. The van der Waals surface area contributed by atoms with E-state index in [0.717, 1.165) is 38.2 Å². The first-order valence-electron chi connectivity index (χ1n) is 6.68. The molecule has 0 saturated carbocycles. The number of nitrogens with zero attached hydrogens (tertiary/aromatic N) is 3. The molecule has 0 aliphatic carbocycles. The summed E-state index contributed by atoms with van der Waals surface area (Å²) in [5, 5.41) is 0. The molecule has 0 fully saturated rings. The Morgan fingerprint density at radius 1 is 1.11 bits per heavy atom. The van der Waals surface area contributed by atoms with Gasteiger partial charge >= 0.3 is 0 Å². The fraction of sp³-hybridized carbons (Fsp3) is 0.333. The van der Waals surface area contributed by atoms with Crippen molar-refractivity contribution in [1.29, 1.82) is 0 Å². The molecule has 19 heavy (non-hydrogen) atoms. The van der Waals surface area contributed by atoms with E-state index in [4.69, 9.17) is 5.73 Å². The molecule has 3 rings (SSSR count). The second-order valence-corrected chi connectivity index (χ2v) is 4.96. The zero-order valence-corrected chi connectivity index (χ0v) is 10.9. The molecular weight excluding hydrogens is 236 g/mol. The molecule has 2 N–H and O–H groups in total. The molecule has 98 valence electrons. The Kier molecular flexibility index (Phi) is 3.42. The normalized spacial score (nSPS) is 15.8. The van der Waals surface area contributed by atoms with Crippen LogP contribution in [0, 0.1) is 0 Å². The maximum Gasteiger partial charge on any atom is 0.220 e. The summed E-state index contributed by atoms with van der Waals surface area (Å²) in [6.45, 7) is 3.07. The average Bonchev–Trinajstić information content (AvgIpc) is 2.63. The monoisotopic (exact) mass is 254 g/mol. The van der Waals surface area contributed by atoms with Crippen molar-refractivity contribution in [2.75, 3.05) is 18.8 Å². The van der Waals surface area contributed by atoms with Gasteiger partial charge in [0.1, 0.15) is 0 Å². The fourth-order valence-electron chi connectivity index (χ4n) is 2.54. The second-order valence-electron chi connectivity index (χ2n) is 4.96. The van der Waals surface area contributed by atoms with E-state index < -0.39 is 0 Å². The van der Waals surface area contributed by atoms with Crippen LogP contribution in [0.5, 0.6) is 0 Å². The number of nitrogen functional groups attached to an aromatic ring is 1. The highest BCUT2D eigenvalue weighted by Gasteiger charge is 2.15. The first-order chi connectivity index (χ1) is 9.31. The van der Waals surface area contributed by atoms with Crippen LogP contribution in [0.4, 0.5) is 5.95 Å². The van der Waals surface area contributed by atoms with Crippen LogP contribution in [0.1, 0.15) is 16.8 Å². The number of rotatable bonds is 2. The third kappa shape index (κ3) is 2.90. The van der Waals surface area contributed by atoms with Crippen molar-refractivity contribution >= 4 is 5.95 Å². The van der Waals surface area contributed by atoms with E-state index in [1.165, 1.54) is 11.1 Å². The largest absolute Gasteiger partial charge is 0.368 e. The molecule has 0 unspecified atom stereocenters. The van der Waals surface area contributed by atoms with E-state index in [9.17, 15) is 0 Å². The Labute approximate surface area is 113 Å². The van der Waals surface area contributed by atoms with Crippen molar-refractivity contribution in [3.05, 3.63) is 53.3 Å². The van der Waals surface area contributed by atoms with Crippen LogP contribution in [-0.4, -0.2) is 28.0 Å². The molecule has 0 radical (unpaired) electrons. The van der Waals surface area contributed by atoms with E-state index in [-0.39, 0.29) is 0 Å². The van der Waals surface area contributed by atoms with Crippen molar-refractivity contribution in [3.8, 4) is 0 Å². The molecule has 1 aliphatic heterocycles. The van der Waals surface area contributed by atoms with Crippen molar-refractivity contribution in [1.82, 2.24) is 14.9 Å². The molecule has 1 aromatic heterocycles. The maximum absolute atomic E-state index is 5.66. The lowest BCUT2D eigenvalue weighted by Gasteiger charge is -2.19. The minimum atomic E-state index is 0.384. The summed E-state index contributed by atoms with van der Waals surface area (Å²) < 4.78 is 0. The number of hydrogen-bond donors (Lipinski definition) is 1. The van der Waals surface area contributed by atoms with Crippen molar-refractivity contribution in [2.45, 2.75) is 19.4 Å². The summed E-state index contributed by atoms with van der Waals surface area (Å²) in [7, 11) is 0. The maximum atomic E-state index is 5.66. The number of aromatic nitrogens is 2. The Hall–Kier alpha value is -1.94. The van der Waals surface area contributed by atoms with Crippen LogP contribution in [0.3, 0.4) is 0 Å². The summed E-state index contributed by atoms with van der Waals surface area (Å²) >= 11 is 0. The lowest BCUT2D eigenvalue weighted by molar-refractivity contribution is 0.279. The van der Waals surface area contributed by atoms with Gasteiger partial charge in [0.15, 0.2) is 0 Å². The summed E-state index contributed by atoms with van der Waals surface area (Å²) in [4.78, 5) is 10.9. The number of anilines is 1. The van der Waals surface area contributed by atoms with Crippen molar-refractivity contribution < 1.29 is 0 Å². The lowest BCUT2D eigenvalue weighted by Crippen LogP contribution is -2.25.